The molecule has 4 atom stereocenters. The minimum absolute atomic E-state index is 0.0492. The molecule has 13 heteroatoms. The molecule has 3 aromatic rings. The molecule has 1 aromatic heterocycles. The molecule has 0 aliphatic carbocycles. The van der Waals surface area contributed by atoms with Crippen LogP contribution in [-0.2, 0) is 20.5 Å². The molecule has 3 fully saturated rings. The summed E-state index contributed by atoms with van der Waals surface area (Å²) in [5.41, 5.74) is 0.536. The quantitative estimate of drug-likeness (QED) is 0.299. The van der Waals surface area contributed by atoms with Gasteiger partial charge in [0.1, 0.15) is 17.4 Å². The number of nitrogens with zero attached hydrogens (tertiary/aromatic N) is 5. The van der Waals surface area contributed by atoms with Crippen LogP contribution in [0, 0.1) is 18.3 Å². The highest BCUT2D eigenvalue weighted by atomic mass is 19.4. The highest BCUT2D eigenvalue weighted by molar-refractivity contribution is 5.86. The fraction of sp³-hybridized carbons (Fsp3) is 0.514. The van der Waals surface area contributed by atoms with Crippen molar-refractivity contribution < 1.29 is 37.3 Å². The van der Waals surface area contributed by atoms with Crippen LogP contribution in [0.15, 0.2) is 54.7 Å². The number of alkyl halides is 3. The number of carboxylic acid groups (broad SMARTS) is 1. The van der Waals surface area contributed by atoms with Gasteiger partial charge in [0.25, 0.3) is 0 Å². The number of methoxy groups -OCH3 is 2. The van der Waals surface area contributed by atoms with Crippen molar-refractivity contribution in [3.05, 3.63) is 77.2 Å². The molecule has 50 heavy (non-hydrogen) atoms. The number of piperidine rings is 1. The van der Waals surface area contributed by atoms with Gasteiger partial charge in [-0.25, -0.2) is 9.97 Å². The Morgan fingerprint density at radius 2 is 1.74 bits per heavy atom. The van der Waals surface area contributed by atoms with Gasteiger partial charge >= 0.3 is 12.1 Å². The Balaban J connectivity index is 1.34. The zero-order valence-corrected chi connectivity index (χ0v) is 28.8. The smallest absolute Gasteiger partial charge is 0.416 e. The number of carbonyl (C=O) groups excluding carboxylic acids is 1. The molecule has 268 valence electrons. The Bertz CT molecular complexity index is 1700. The average molecular weight is 696 g/mol. The molecule has 3 saturated heterocycles. The molecule has 2 aromatic carbocycles. The lowest BCUT2D eigenvalue weighted by Crippen LogP contribution is -2.49. The Kier molecular flexibility index (Phi) is 9.98. The molecule has 0 saturated carbocycles. The van der Waals surface area contributed by atoms with Gasteiger partial charge in [-0.15, -0.1) is 0 Å². The van der Waals surface area contributed by atoms with Crippen molar-refractivity contribution in [1.29, 1.82) is 0 Å². The number of aromatic nitrogens is 2. The van der Waals surface area contributed by atoms with Crippen molar-refractivity contribution in [2.24, 2.45) is 11.3 Å². The van der Waals surface area contributed by atoms with E-state index >= 15 is 4.79 Å². The summed E-state index contributed by atoms with van der Waals surface area (Å²) < 4.78 is 52.9. The summed E-state index contributed by atoms with van der Waals surface area (Å²) in [5, 5.41) is 9.52. The number of ether oxygens (including phenoxy) is 2. The zero-order valence-electron chi connectivity index (χ0n) is 28.8. The third-order valence-electron chi connectivity index (χ3n) is 10.8. The molecule has 6 rings (SSSR count). The number of anilines is 2. The van der Waals surface area contributed by atoms with E-state index < -0.39 is 29.0 Å². The summed E-state index contributed by atoms with van der Waals surface area (Å²) in [6.45, 7) is 6.04. The number of benzene rings is 2. The second-order valence-electron chi connectivity index (χ2n) is 14.0. The van der Waals surface area contributed by atoms with E-state index in [9.17, 15) is 23.1 Å². The van der Waals surface area contributed by atoms with E-state index in [0.29, 0.717) is 69.2 Å². The van der Waals surface area contributed by atoms with Gasteiger partial charge in [0.15, 0.2) is 0 Å². The number of halogens is 3. The minimum Gasteiger partial charge on any atom is -0.497 e. The number of aryl methyl sites for hydroxylation is 1. The van der Waals surface area contributed by atoms with Crippen LogP contribution in [0.25, 0.3) is 0 Å². The number of carbonyl (C=O) groups is 2. The maximum atomic E-state index is 15.0. The van der Waals surface area contributed by atoms with Gasteiger partial charge in [-0.1, -0.05) is 18.2 Å². The largest absolute Gasteiger partial charge is 0.497 e. The summed E-state index contributed by atoms with van der Waals surface area (Å²) in [7, 11) is 3.19. The van der Waals surface area contributed by atoms with Crippen molar-refractivity contribution in [3.63, 3.8) is 0 Å². The minimum atomic E-state index is -4.54. The molecule has 0 radical (unpaired) electrons. The Labute approximate surface area is 290 Å². The Hall–Kier alpha value is -4.39. The van der Waals surface area contributed by atoms with Gasteiger partial charge in [-0.2, -0.15) is 13.2 Å². The average Bonchev–Trinajstić information content (AvgIpc) is 3.69. The number of amides is 1. The number of aliphatic carboxylic acids is 1. The van der Waals surface area contributed by atoms with E-state index in [2.05, 4.69) is 14.9 Å². The molecule has 10 nitrogen and oxygen atoms in total. The SMILES string of the molecule is COC[C@@H]1C[C@@H](c2ccc(C(F)(F)F)cc2N2CCC(C(=O)O)CC2)CN1C(=O)[C@]1(C)CN(c2ccnc(C)n2)C[C@H]1c1ccc(OC)cc1. The molecule has 0 bridgehead atoms. The van der Waals surface area contributed by atoms with Crippen LogP contribution >= 0.6 is 0 Å². The third kappa shape index (κ3) is 6.97. The number of carboxylic acids is 1. The van der Waals surface area contributed by atoms with E-state index in [-0.39, 0.29) is 30.4 Å². The summed E-state index contributed by atoms with van der Waals surface area (Å²) in [4.78, 5) is 41.4. The predicted molar refractivity (Wildman–Crippen MR) is 182 cm³/mol. The highest BCUT2D eigenvalue weighted by Crippen LogP contribution is 2.48. The first-order valence-corrected chi connectivity index (χ1v) is 17.0. The van der Waals surface area contributed by atoms with Crippen LogP contribution in [0.3, 0.4) is 0 Å². The lowest BCUT2D eigenvalue weighted by Gasteiger charge is -2.36. The zero-order chi connectivity index (χ0) is 35.8. The van der Waals surface area contributed by atoms with Crippen LogP contribution in [0.5, 0.6) is 5.75 Å². The maximum Gasteiger partial charge on any atom is 0.416 e. The second kappa shape index (κ2) is 14.1. The predicted octanol–water partition coefficient (Wildman–Crippen LogP) is 5.75. The van der Waals surface area contributed by atoms with E-state index in [4.69, 9.17) is 9.47 Å². The molecule has 4 heterocycles. The van der Waals surface area contributed by atoms with Crippen LogP contribution in [0.1, 0.15) is 60.5 Å². The number of hydrogen-bond acceptors (Lipinski definition) is 8. The molecular weight excluding hydrogens is 651 g/mol. The summed E-state index contributed by atoms with van der Waals surface area (Å²) in [6.07, 6.45) is -1.62. The van der Waals surface area contributed by atoms with Crippen LogP contribution < -0.4 is 14.5 Å². The highest BCUT2D eigenvalue weighted by Gasteiger charge is 2.53. The molecule has 1 N–H and O–H groups in total. The first-order valence-electron chi connectivity index (χ1n) is 17.0. The maximum absolute atomic E-state index is 15.0. The van der Waals surface area contributed by atoms with Crippen molar-refractivity contribution in [2.75, 3.05) is 63.4 Å². The lowest BCUT2D eigenvalue weighted by molar-refractivity contribution is -0.143. The molecule has 1 amide bonds. The summed E-state index contributed by atoms with van der Waals surface area (Å²) in [5.74, 6) is 0.170. The van der Waals surface area contributed by atoms with Crippen LogP contribution in [0.4, 0.5) is 24.7 Å². The monoisotopic (exact) mass is 695 g/mol. The van der Waals surface area contributed by atoms with Crippen molar-refractivity contribution in [2.45, 2.75) is 57.2 Å². The van der Waals surface area contributed by atoms with Gasteiger partial charge in [0.05, 0.1) is 36.7 Å². The molecule has 3 aliphatic heterocycles. The van der Waals surface area contributed by atoms with Gasteiger partial charge in [0, 0.05) is 63.6 Å². The van der Waals surface area contributed by atoms with Crippen molar-refractivity contribution in [1.82, 2.24) is 14.9 Å². The van der Waals surface area contributed by atoms with Gasteiger partial charge < -0.3 is 29.3 Å². The normalized spacial score (nSPS) is 24.5. The number of likely N-dealkylation sites (tertiary alicyclic amines) is 1. The van der Waals surface area contributed by atoms with E-state index in [0.717, 1.165) is 23.0 Å². The number of hydrogen-bond donors (Lipinski definition) is 1. The lowest BCUT2D eigenvalue weighted by atomic mass is 9.74. The molecular formula is C37H44F3N5O5. The van der Waals surface area contributed by atoms with E-state index in [1.807, 2.05) is 54.0 Å². The summed E-state index contributed by atoms with van der Waals surface area (Å²) >= 11 is 0. The van der Waals surface area contributed by atoms with Gasteiger partial charge in [0.2, 0.25) is 5.91 Å². The fourth-order valence-electron chi connectivity index (χ4n) is 8.09. The molecule has 0 unspecified atom stereocenters. The van der Waals surface area contributed by atoms with Crippen molar-refractivity contribution in [3.8, 4) is 5.75 Å². The Morgan fingerprint density at radius 1 is 1.02 bits per heavy atom. The molecule has 0 spiro atoms. The van der Waals surface area contributed by atoms with Gasteiger partial charge in [-0.3, -0.25) is 9.59 Å². The molecule has 3 aliphatic rings. The number of rotatable bonds is 9. The van der Waals surface area contributed by atoms with Crippen LogP contribution in [0.2, 0.25) is 0 Å². The second-order valence-corrected chi connectivity index (χ2v) is 14.0. The third-order valence-corrected chi connectivity index (χ3v) is 10.8. The van der Waals surface area contributed by atoms with E-state index in [1.165, 1.54) is 6.07 Å². The van der Waals surface area contributed by atoms with Crippen molar-refractivity contribution >= 4 is 23.4 Å². The topological polar surface area (TPSA) is 108 Å². The standard InChI is InChI=1S/C37H44F3N5O5/c1-23-41-14-11-33(42-23)44-20-31(24-5-8-29(50-4)9-6-24)36(2,22-44)35(48)45-19-26(17-28(45)21-49-3)30-10-7-27(37(38,39)40)18-32(30)43-15-12-25(13-16-43)34(46)47/h5-11,14,18,25-26,28,31H,12-13,15-17,19-22H2,1-4H3,(H,46,47)/t26-,28+,31+,36-/m1/s1. The van der Waals surface area contributed by atoms with Crippen LogP contribution in [-0.4, -0.2) is 91.4 Å². The Morgan fingerprint density at radius 3 is 2.36 bits per heavy atom. The first kappa shape index (κ1) is 35.4. The van der Waals surface area contributed by atoms with Gasteiger partial charge in [-0.05, 0) is 74.6 Å². The fourth-order valence-corrected chi connectivity index (χ4v) is 8.09. The summed E-state index contributed by atoms with van der Waals surface area (Å²) in [6, 6.07) is 13.2. The van der Waals surface area contributed by atoms with E-state index in [1.54, 1.807) is 26.5 Å². The first-order chi connectivity index (χ1) is 23.8.